The average Bonchev–Trinajstić information content (AvgIpc) is 2.67. The molecule has 0 aromatic heterocycles. The highest BCUT2D eigenvalue weighted by atomic mass is 28.4. The number of carbonyl (C=O) groups excluding carboxylic acids is 1. The van der Waals surface area contributed by atoms with Crippen LogP contribution in [0.25, 0.3) is 10.8 Å². The molecular weight excluding hydrogens is 426 g/mol. The first-order chi connectivity index (χ1) is 15.1. The first kappa shape index (κ1) is 27.2. The molecule has 0 atom stereocenters. The van der Waals surface area contributed by atoms with E-state index in [0.29, 0.717) is 23.2 Å². The molecule has 0 fully saturated rings. The first-order valence-electron chi connectivity index (χ1n) is 12.3. The highest BCUT2D eigenvalue weighted by Crippen LogP contribution is 2.43. The van der Waals surface area contributed by atoms with Crippen LogP contribution in [0.15, 0.2) is 36.4 Å². The van der Waals surface area contributed by atoms with Crippen molar-refractivity contribution in [2.45, 2.75) is 104 Å². The summed E-state index contributed by atoms with van der Waals surface area (Å²) in [6.45, 7) is 24.3. The van der Waals surface area contributed by atoms with Crippen molar-refractivity contribution in [2.24, 2.45) is 0 Å². The number of alkyl carbamates (subject to hydrolysis) is 1. The molecule has 0 aliphatic heterocycles. The molecular formula is C28H45NO3Si. The Kier molecular flexibility index (Phi) is 8.32. The van der Waals surface area contributed by atoms with Crippen LogP contribution in [-0.2, 0) is 10.2 Å². The monoisotopic (exact) mass is 471 g/mol. The smallest absolute Gasteiger partial charge is 0.407 e. The van der Waals surface area contributed by atoms with Gasteiger partial charge in [-0.1, -0.05) is 79.7 Å². The predicted octanol–water partition coefficient (Wildman–Crippen LogP) is 8.20. The van der Waals surface area contributed by atoms with Crippen molar-refractivity contribution in [1.82, 2.24) is 5.32 Å². The highest BCUT2D eigenvalue weighted by molar-refractivity contribution is 6.78. The normalized spacial score (nSPS) is 13.2. The lowest BCUT2D eigenvalue weighted by Gasteiger charge is -2.42. The Bertz CT molecular complexity index is 935. The van der Waals surface area contributed by atoms with Gasteiger partial charge in [-0.15, -0.1) is 0 Å². The molecule has 33 heavy (non-hydrogen) atoms. The lowest BCUT2D eigenvalue weighted by molar-refractivity contribution is 0.0517. The van der Waals surface area contributed by atoms with Gasteiger partial charge >= 0.3 is 6.09 Å². The zero-order valence-electron chi connectivity index (χ0n) is 22.6. The van der Waals surface area contributed by atoms with Gasteiger partial charge in [0.25, 0.3) is 8.32 Å². The van der Waals surface area contributed by atoms with Crippen molar-refractivity contribution in [2.75, 3.05) is 6.54 Å². The van der Waals surface area contributed by atoms with Crippen molar-refractivity contribution in [3.63, 3.8) is 0 Å². The largest absolute Gasteiger partial charge is 0.543 e. The fraction of sp³-hybridized carbons (Fsp3) is 0.607. The second-order valence-electron chi connectivity index (χ2n) is 11.8. The van der Waals surface area contributed by atoms with Gasteiger partial charge in [0.05, 0.1) is 0 Å². The molecule has 5 heteroatoms. The number of benzene rings is 2. The molecule has 0 unspecified atom stereocenters. The van der Waals surface area contributed by atoms with E-state index in [2.05, 4.69) is 97.1 Å². The third-order valence-corrected chi connectivity index (χ3v) is 12.7. The molecule has 1 N–H and O–H groups in total. The molecule has 0 spiro atoms. The van der Waals surface area contributed by atoms with Crippen LogP contribution in [0.4, 0.5) is 4.79 Å². The number of amides is 1. The van der Waals surface area contributed by atoms with Crippen LogP contribution in [0.2, 0.25) is 16.6 Å². The second-order valence-corrected chi connectivity index (χ2v) is 17.2. The van der Waals surface area contributed by atoms with Gasteiger partial charge in [-0.3, -0.25) is 0 Å². The fourth-order valence-electron chi connectivity index (χ4n) is 5.18. The van der Waals surface area contributed by atoms with Crippen LogP contribution >= 0.6 is 0 Å². The molecule has 184 valence electrons. The van der Waals surface area contributed by atoms with E-state index in [-0.39, 0.29) is 11.5 Å². The minimum Gasteiger partial charge on any atom is -0.543 e. The van der Waals surface area contributed by atoms with Crippen LogP contribution in [0.5, 0.6) is 5.75 Å². The molecule has 0 aliphatic carbocycles. The summed E-state index contributed by atoms with van der Waals surface area (Å²) in [5.74, 6) is 0.965. The fourth-order valence-corrected chi connectivity index (χ4v) is 10.4. The van der Waals surface area contributed by atoms with E-state index in [9.17, 15) is 4.79 Å². The summed E-state index contributed by atoms with van der Waals surface area (Å²) in [5, 5.41) is 5.29. The Hall–Kier alpha value is -2.01. The van der Waals surface area contributed by atoms with Crippen LogP contribution < -0.4 is 9.74 Å². The number of rotatable bonds is 8. The van der Waals surface area contributed by atoms with Gasteiger partial charge in [0.15, 0.2) is 0 Å². The van der Waals surface area contributed by atoms with Gasteiger partial charge in [-0.25, -0.2) is 4.79 Å². The Morgan fingerprint density at radius 2 is 1.48 bits per heavy atom. The summed E-state index contributed by atoms with van der Waals surface area (Å²) in [7, 11) is -2.01. The summed E-state index contributed by atoms with van der Waals surface area (Å²) in [6.07, 6.45) is -0.385. The molecule has 1 amide bonds. The van der Waals surface area contributed by atoms with Gasteiger partial charge in [-0.05, 0) is 65.9 Å². The standard InChI is InChI=1S/C28H45NO3Si/c1-19(2)33(20(3)4,21(5)6)32-23-15-16-24-22(17-23)13-12-14-25(24)28(10,11)18-29-26(30)31-27(7,8)9/h12-17,19-21H,18H2,1-11H3,(H,29,30). The van der Waals surface area contributed by atoms with Crippen LogP contribution in [0.3, 0.4) is 0 Å². The zero-order valence-corrected chi connectivity index (χ0v) is 23.6. The van der Waals surface area contributed by atoms with Gasteiger partial charge in [0.2, 0.25) is 0 Å². The maximum atomic E-state index is 12.2. The quantitative estimate of drug-likeness (QED) is 0.395. The number of nitrogens with one attached hydrogen (secondary N) is 1. The summed E-state index contributed by atoms with van der Waals surface area (Å²) in [6, 6.07) is 12.9. The van der Waals surface area contributed by atoms with E-state index < -0.39 is 13.9 Å². The topological polar surface area (TPSA) is 47.6 Å². The SMILES string of the molecule is CC(C)[Si](Oc1ccc2c(C(C)(C)CNC(=O)OC(C)(C)C)cccc2c1)(C(C)C)C(C)C. The Balaban J connectivity index is 2.35. The van der Waals surface area contributed by atoms with Gasteiger partial charge in [0.1, 0.15) is 11.4 Å². The number of hydrogen-bond acceptors (Lipinski definition) is 3. The van der Waals surface area contributed by atoms with Crippen LogP contribution in [0, 0.1) is 0 Å². The molecule has 0 aliphatic rings. The van der Waals surface area contributed by atoms with Gasteiger partial charge < -0.3 is 14.5 Å². The minimum absolute atomic E-state index is 0.259. The highest BCUT2D eigenvalue weighted by Gasteiger charge is 2.47. The third kappa shape index (κ3) is 6.31. The van der Waals surface area contributed by atoms with Gasteiger partial charge in [0, 0.05) is 12.0 Å². The van der Waals surface area contributed by atoms with E-state index in [4.69, 9.17) is 9.16 Å². The number of carbonyl (C=O) groups is 1. The lowest BCUT2D eigenvalue weighted by Crippen LogP contribution is -2.50. The zero-order chi connectivity index (χ0) is 25.2. The first-order valence-corrected chi connectivity index (χ1v) is 14.4. The van der Waals surface area contributed by atoms with E-state index in [1.165, 1.54) is 10.9 Å². The van der Waals surface area contributed by atoms with Crippen molar-refractivity contribution in [3.8, 4) is 5.75 Å². The van der Waals surface area contributed by atoms with Crippen molar-refractivity contribution in [3.05, 3.63) is 42.0 Å². The Morgan fingerprint density at radius 1 is 0.909 bits per heavy atom. The second kappa shape index (κ2) is 10.1. The molecule has 0 radical (unpaired) electrons. The minimum atomic E-state index is -2.01. The Morgan fingerprint density at radius 3 is 2.00 bits per heavy atom. The van der Waals surface area contributed by atoms with Crippen molar-refractivity contribution < 1.29 is 14.0 Å². The summed E-state index contributed by atoms with van der Waals surface area (Å²) < 4.78 is 12.3. The summed E-state index contributed by atoms with van der Waals surface area (Å²) in [4.78, 5) is 12.2. The number of hydrogen-bond donors (Lipinski definition) is 1. The molecule has 0 saturated heterocycles. The lowest BCUT2D eigenvalue weighted by atomic mass is 9.81. The van der Waals surface area contributed by atoms with E-state index >= 15 is 0 Å². The third-order valence-electron chi connectivity index (χ3n) is 6.66. The molecule has 0 bridgehead atoms. The molecule has 2 aromatic carbocycles. The molecule has 4 nitrogen and oxygen atoms in total. The maximum absolute atomic E-state index is 12.2. The van der Waals surface area contributed by atoms with Crippen LogP contribution in [0.1, 0.15) is 81.7 Å². The summed E-state index contributed by atoms with van der Waals surface area (Å²) >= 11 is 0. The number of ether oxygens (including phenoxy) is 1. The average molecular weight is 472 g/mol. The van der Waals surface area contributed by atoms with E-state index in [1.54, 1.807) is 0 Å². The van der Waals surface area contributed by atoms with Gasteiger partial charge in [-0.2, -0.15) is 0 Å². The Labute approximate surface area is 202 Å². The van der Waals surface area contributed by atoms with E-state index in [1.807, 2.05) is 20.8 Å². The summed E-state index contributed by atoms with van der Waals surface area (Å²) in [5.41, 5.74) is 2.00. The van der Waals surface area contributed by atoms with Crippen molar-refractivity contribution in [1.29, 1.82) is 0 Å². The maximum Gasteiger partial charge on any atom is 0.407 e. The van der Waals surface area contributed by atoms with Crippen LogP contribution in [-0.4, -0.2) is 26.6 Å². The van der Waals surface area contributed by atoms with Crippen molar-refractivity contribution >= 4 is 25.2 Å². The predicted molar refractivity (Wildman–Crippen MR) is 143 cm³/mol. The molecule has 0 saturated carbocycles. The van der Waals surface area contributed by atoms with E-state index in [0.717, 1.165) is 11.1 Å². The molecule has 2 aromatic rings. The molecule has 2 rings (SSSR count). The number of fused-ring (bicyclic) bond motifs is 1. The molecule has 0 heterocycles.